The quantitative estimate of drug-likeness (QED) is 0.627. The molecule has 1 aliphatic heterocycles. The van der Waals surface area contributed by atoms with Gasteiger partial charge in [0.25, 0.3) is 0 Å². The molecule has 0 spiro atoms. The summed E-state index contributed by atoms with van der Waals surface area (Å²) >= 11 is 0. The molecule has 13 heavy (non-hydrogen) atoms. The van der Waals surface area contributed by atoms with Crippen LogP contribution in [-0.4, -0.2) is 24.5 Å². The Labute approximate surface area is 81.4 Å². The van der Waals surface area contributed by atoms with Crippen molar-refractivity contribution < 1.29 is 0 Å². The number of hydrogen-bond donors (Lipinski definition) is 0. The molecular formula is C12H19N. The van der Waals surface area contributed by atoms with Crippen molar-refractivity contribution in [3.8, 4) is 0 Å². The number of piperidine rings is 1. The van der Waals surface area contributed by atoms with Crippen molar-refractivity contribution in [1.29, 1.82) is 0 Å². The Morgan fingerprint density at radius 2 is 2.31 bits per heavy atom. The van der Waals surface area contributed by atoms with Crippen LogP contribution in [0.3, 0.4) is 0 Å². The van der Waals surface area contributed by atoms with Crippen LogP contribution < -0.4 is 0 Å². The van der Waals surface area contributed by atoms with Gasteiger partial charge in [-0.15, -0.1) is 0 Å². The topological polar surface area (TPSA) is 3.24 Å². The van der Waals surface area contributed by atoms with Gasteiger partial charge in [-0.2, -0.15) is 0 Å². The van der Waals surface area contributed by atoms with Gasteiger partial charge in [0.05, 0.1) is 0 Å². The molecule has 0 saturated carbocycles. The zero-order valence-corrected chi connectivity index (χ0v) is 8.77. The van der Waals surface area contributed by atoms with Crippen molar-refractivity contribution in [2.24, 2.45) is 0 Å². The normalized spacial score (nSPS) is 22.3. The fourth-order valence-corrected chi connectivity index (χ4v) is 1.60. The maximum absolute atomic E-state index is 4.08. The summed E-state index contributed by atoms with van der Waals surface area (Å²) in [7, 11) is 0. The predicted molar refractivity (Wildman–Crippen MR) is 58.8 cm³/mol. The first kappa shape index (κ1) is 10.3. The molecule has 0 radical (unpaired) electrons. The highest BCUT2D eigenvalue weighted by atomic mass is 15.1. The van der Waals surface area contributed by atoms with Crippen molar-refractivity contribution >= 4 is 0 Å². The molecule has 0 aromatic heterocycles. The molecule has 0 amide bonds. The number of nitrogens with zero attached hydrogens (tertiary/aromatic N) is 1. The Bertz CT molecular complexity index is 248. The maximum Gasteiger partial charge on any atom is 0.0236 e. The zero-order valence-electron chi connectivity index (χ0n) is 8.77. The number of allylic oxidation sites excluding steroid dienone is 2. The van der Waals surface area contributed by atoms with Crippen LogP contribution in [0.1, 0.15) is 20.3 Å². The summed E-state index contributed by atoms with van der Waals surface area (Å²) in [6.45, 7) is 15.5. The highest BCUT2D eigenvalue weighted by Gasteiger charge is 2.14. The first-order valence-electron chi connectivity index (χ1n) is 4.90. The minimum absolute atomic E-state index is 1.04. The summed E-state index contributed by atoms with van der Waals surface area (Å²) in [5.41, 5.74) is 3.77. The lowest BCUT2D eigenvalue weighted by Gasteiger charge is -2.29. The van der Waals surface area contributed by atoms with Crippen LogP contribution in [0.4, 0.5) is 0 Å². The number of likely N-dealkylation sites (tertiary alicyclic amines) is 1. The Hall–Kier alpha value is -0.820. The third-order valence-electron chi connectivity index (χ3n) is 2.45. The van der Waals surface area contributed by atoms with E-state index in [1.807, 2.05) is 6.92 Å². The molecule has 1 aliphatic rings. The van der Waals surface area contributed by atoms with Gasteiger partial charge in [0.15, 0.2) is 0 Å². The fraction of sp³-hybridized carbons (Fsp3) is 0.500. The van der Waals surface area contributed by atoms with Crippen LogP contribution in [0, 0.1) is 0 Å². The van der Waals surface area contributed by atoms with E-state index in [0.717, 1.165) is 31.6 Å². The van der Waals surface area contributed by atoms with Gasteiger partial charge in [0, 0.05) is 13.1 Å². The molecule has 0 unspecified atom stereocenters. The van der Waals surface area contributed by atoms with Gasteiger partial charge in [-0.3, -0.25) is 4.90 Å². The smallest absolute Gasteiger partial charge is 0.0236 e. The van der Waals surface area contributed by atoms with E-state index >= 15 is 0 Å². The van der Waals surface area contributed by atoms with Crippen LogP contribution in [-0.2, 0) is 0 Å². The third kappa shape index (κ3) is 2.85. The largest absolute Gasteiger partial charge is 0.299 e. The minimum Gasteiger partial charge on any atom is -0.299 e. The molecule has 72 valence electrons. The van der Waals surface area contributed by atoms with Crippen molar-refractivity contribution in [3.05, 3.63) is 36.0 Å². The van der Waals surface area contributed by atoms with Crippen molar-refractivity contribution in [2.45, 2.75) is 20.3 Å². The van der Waals surface area contributed by atoms with Gasteiger partial charge in [-0.25, -0.2) is 0 Å². The SMILES string of the molecule is C=C(C)/C=C1/CN(CC)CCC1=C. The van der Waals surface area contributed by atoms with E-state index in [1.165, 1.54) is 11.1 Å². The van der Waals surface area contributed by atoms with E-state index in [1.54, 1.807) is 0 Å². The lowest BCUT2D eigenvalue weighted by Crippen LogP contribution is -2.31. The second-order valence-electron chi connectivity index (χ2n) is 3.74. The lowest BCUT2D eigenvalue weighted by atomic mass is 9.98. The summed E-state index contributed by atoms with van der Waals surface area (Å²) in [4.78, 5) is 2.43. The molecule has 0 aromatic rings. The second-order valence-corrected chi connectivity index (χ2v) is 3.74. The van der Waals surface area contributed by atoms with E-state index in [-0.39, 0.29) is 0 Å². The molecule has 0 atom stereocenters. The summed E-state index contributed by atoms with van der Waals surface area (Å²) in [5.74, 6) is 0. The van der Waals surface area contributed by atoms with Crippen molar-refractivity contribution in [3.63, 3.8) is 0 Å². The van der Waals surface area contributed by atoms with E-state index in [2.05, 4.69) is 31.1 Å². The van der Waals surface area contributed by atoms with E-state index in [4.69, 9.17) is 0 Å². The Kier molecular flexibility index (Phi) is 3.49. The fourth-order valence-electron chi connectivity index (χ4n) is 1.60. The Morgan fingerprint density at radius 3 is 2.85 bits per heavy atom. The third-order valence-corrected chi connectivity index (χ3v) is 2.45. The van der Waals surface area contributed by atoms with E-state index in [9.17, 15) is 0 Å². The summed E-state index contributed by atoms with van der Waals surface area (Å²) in [5, 5.41) is 0. The zero-order chi connectivity index (χ0) is 9.84. The second kappa shape index (κ2) is 4.43. The summed E-state index contributed by atoms with van der Waals surface area (Å²) in [6.07, 6.45) is 3.26. The molecule has 1 heterocycles. The molecule has 0 bridgehead atoms. The average molecular weight is 177 g/mol. The molecule has 1 saturated heterocycles. The van der Waals surface area contributed by atoms with Gasteiger partial charge < -0.3 is 0 Å². The summed E-state index contributed by atoms with van der Waals surface area (Å²) in [6, 6.07) is 0. The molecule has 1 nitrogen and oxygen atoms in total. The van der Waals surface area contributed by atoms with Crippen molar-refractivity contribution in [1.82, 2.24) is 4.90 Å². The monoisotopic (exact) mass is 177 g/mol. The maximum atomic E-state index is 4.08. The highest BCUT2D eigenvalue weighted by molar-refractivity contribution is 5.36. The molecule has 0 aliphatic carbocycles. The Morgan fingerprint density at radius 1 is 1.62 bits per heavy atom. The molecule has 0 aromatic carbocycles. The number of hydrogen-bond acceptors (Lipinski definition) is 1. The van der Waals surface area contributed by atoms with Crippen LogP contribution in [0.5, 0.6) is 0 Å². The summed E-state index contributed by atoms with van der Waals surface area (Å²) < 4.78 is 0. The minimum atomic E-state index is 1.04. The van der Waals surface area contributed by atoms with E-state index < -0.39 is 0 Å². The van der Waals surface area contributed by atoms with Crippen LogP contribution >= 0.6 is 0 Å². The van der Waals surface area contributed by atoms with Crippen molar-refractivity contribution in [2.75, 3.05) is 19.6 Å². The Balaban J connectivity index is 2.71. The van der Waals surface area contributed by atoms with Crippen LogP contribution in [0.2, 0.25) is 0 Å². The first-order chi connectivity index (χ1) is 6.13. The van der Waals surface area contributed by atoms with E-state index in [0.29, 0.717) is 0 Å². The van der Waals surface area contributed by atoms with Gasteiger partial charge >= 0.3 is 0 Å². The highest BCUT2D eigenvalue weighted by Crippen LogP contribution is 2.21. The number of rotatable bonds is 2. The van der Waals surface area contributed by atoms with Gasteiger partial charge in [0.1, 0.15) is 0 Å². The van der Waals surface area contributed by atoms with Gasteiger partial charge in [-0.1, -0.05) is 31.7 Å². The van der Waals surface area contributed by atoms with Crippen LogP contribution in [0.15, 0.2) is 36.0 Å². The standard InChI is InChI=1S/C12H19N/c1-5-13-7-6-11(4)12(9-13)8-10(2)3/h8H,2,4-7,9H2,1,3H3/b12-8-. The molecule has 1 fully saturated rings. The van der Waals surface area contributed by atoms with Gasteiger partial charge in [0.2, 0.25) is 0 Å². The average Bonchev–Trinajstić information content (AvgIpc) is 2.08. The van der Waals surface area contributed by atoms with Crippen LogP contribution in [0.25, 0.3) is 0 Å². The predicted octanol–water partition coefficient (Wildman–Crippen LogP) is 2.77. The molecule has 1 rings (SSSR count). The lowest BCUT2D eigenvalue weighted by molar-refractivity contribution is 0.300. The molecular weight excluding hydrogens is 158 g/mol. The van der Waals surface area contributed by atoms with Gasteiger partial charge in [-0.05, 0) is 31.0 Å². The number of likely N-dealkylation sites (N-methyl/N-ethyl adjacent to an activating group) is 1. The first-order valence-corrected chi connectivity index (χ1v) is 4.90. The molecule has 0 N–H and O–H groups in total. The molecule has 1 heteroatoms.